The first-order valence-electron chi connectivity index (χ1n) is 25.0. The molecular formula is C62H75FN6O4. The summed E-state index contributed by atoms with van der Waals surface area (Å²) < 4.78 is 13.8. The van der Waals surface area contributed by atoms with E-state index in [-0.39, 0.29) is 60.7 Å². The van der Waals surface area contributed by atoms with Crippen molar-refractivity contribution in [2.45, 2.75) is 77.9 Å². The summed E-state index contributed by atoms with van der Waals surface area (Å²) >= 11 is 0. The number of amides is 2. The molecule has 2 amide bonds. The fraction of sp³-hybridized carbons (Fsp3) is 0.323. The summed E-state index contributed by atoms with van der Waals surface area (Å²) in [6.45, 7) is 22.5. The highest BCUT2D eigenvalue weighted by molar-refractivity contribution is 6.05. The Bertz CT molecular complexity index is 2790. The molecule has 0 aliphatic carbocycles. The molecule has 2 aliphatic heterocycles. The molecule has 384 valence electrons. The maximum absolute atomic E-state index is 13.8. The summed E-state index contributed by atoms with van der Waals surface area (Å²) in [6, 6.07) is 47.5. The van der Waals surface area contributed by atoms with E-state index in [1.165, 1.54) is 17.0 Å². The maximum atomic E-state index is 13.8. The van der Waals surface area contributed by atoms with Crippen LogP contribution in [-0.2, 0) is 6.54 Å². The van der Waals surface area contributed by atoms with Crippen LogP contribution < -0.4 is 4.90 Å². The molecule has 2 N–H and O–H groups in total. The Labute approximate surface area is 433 Å². The molecule has 10 nitrogen and oxygen atoms in total. The lowest BCUT2D eigenvalue weighted by Crippen LogP contribution is -2.57. The highest BCUT2D eigenvalue weighted by atomic mass is 19.1. The summed E-state index contributed by atoms with van der Waals surface area (Å²) in [5.74, 6) is -0.148. The van der Waals surface area contributed by atoms with Gasteiger partial charge in [0.25, 0.3) is 11.8 Å². The predicted molar refractivity (Wildman–Crippen MR) is 296 cm³/mol. The first-order valence-corrected chi connectivity index (χ1v) is 25.0. The lowest BCUT2D eigenvalue weighted by atomic mass is 9.92. The fourth-order valence-electron chi connectivity index (χ4n) is 10.4. The zero-order chi connectivity index (χ0) is 51.5. The molecule has 2 heterocycles. The second kappa shape index (κ2) is 25.7. The molecule has 6 aromatic carbocycles. The number of hydrogen-bond donors (Lipinski definition) is 2. The van der Waals surface area contributed by atoms with E-state index in [9.17, 15) is 24.2 Å². The summed E-state index contributed by atoms with van der Waals surface area (Å²) in [7, 11) is 3.50. The third-order valence-corrected chi connectivity index (χ3v) is 14.1. The van der Waals surface area contributed by atoms with E-state index in [1.807, 2.05) is 110 Å². The Kier molecular flexibility index (Phi) is 19.5. The van der Waals surface area contributed by atoms with Crippen LogP contribution in [0.2, 0.25) is 0 Å². The first kappa shape index (κ1) is 55.4. The van der Waals surface area contributed by atoms with Crippen molar-refractivity contribution >= 4 is 17.5 Å². The topological polar surface area (TPSA) is 94.0 Å². The molecule has 0 unspecified atom stereocenters. The van der Waals surface area contributed by atoms with Gasteiger partial charge < -0.3 is 20.0 Å². The van der Waals surface area contributed by atoms with Crippen molar-refractivity contribution in [3.05, 3.63) is 222 Å². The van der Waals surface area contributed by atoms with Gasteiger partial charge in [0, 0.05) is 101 Å². The Morgan fingerprint density at radius 1 is 0.575 bits per heavy atom. The number of piperazine rings is 2. The van der Waals surface area contributed by atoms with Gasteiger partial charge in [-0.3, -0.25) is 29.2 Å². The quantitative estimate of drug-likeness (QED) is 0.0983. The molecule has 6 atom stereocenters. The van der Waals surface area contributed by atoms with Gasteiger partial charge in [-0.2, -0.15) is 0 Å². The van der Waals surface area contributed by atoms with Gasteiger partial charge in [0.05, 0.1) is 12.1 Å². The molecule has 2 aliphatic rings. The molecule has 6 aromatic rings. The highest BCUT2D eigenvalue weighted by Crippen LogP contribution is 2.37. The molecule has 11 heteroatoms. The van der Waals surface area contributed by atoms with Crippen LogP contribution >= 0.6 is 0 Å². The van der Waals surface area contributed by atoms with E-state index in [1.54, 1.807) is 48.3 Å². The van der Waals surface area contributed by atoms with Crippen molar-refractivity contribution in [2.75, 3.05) is 58.3 Å². The minimum atomic E-state index is -0.386. The molecule has 2 fully saturated rings. The number of phenols is 2. The third-order valence-electron chi connectivity index (χ3n) is 14.1. The van der Waals surface area contributed by atoms with Crippen LogP contribution in [0.5, 0.6) is 11.5 Å². The van der Waals surface area contributed by atoms with Crippen molar-refractivity contribution in [2.24, 2.45) is 0 Å². The smallest absolute Gasteiger partial charge is 0.258 e. The Morgan fingerprint density at radius 2 is 1.01 bits per heavy atom. The average Bonchev–Trinajstić information content (AvgIpc) is 3.37. The molecule has 0 aromatic heterocycles. The van der Waals surface area contributed by atoms with Gasteiger partial charge in [0.2, 0.25) is 0 Å². The Balaban J connectivity index is 0.000000235. The van der Waals surface area contributed by atoms with E-state index in [0.29, 0.717) is 35.4 Å². The van der Waals surface area contributed by atoms with E-state index in [4.69, 9.17) is 0 Å². The minimum absolute atomic E-state index is 0. The fourth-order valence-corrected chi connectivity index (χ4v) is 10.4. The van der Waals surface area contributed by atoms with Crippen molar-refractivity contribution in [3.63, 3.8) is 0 Å². The van der Waals surface area contributed by atoms with Crippen LogP contribution in [0.3, 0.4) is 0 Å². The van der Waals surface area contributed by atoms with E-state index in [2.05, 4.69) is 72.6 Å². The number of anilines is 1. The predicted octanol–water partition coefficient (Wildman–Crippen LogP) is 11.4. The van der Waals surface area contributed by atoms with Crippen molar-refractivity contribution in [3.8, 4) is 11.5 Å². The lowest BCUT2D eigenvalue weighted by Gasteiger charge is -2.47. The van der Waals surface area contributed by atoms with Gasteiger partial charge in [-0.05, 0) is 122 Å². The Morgan fingerprint density at radius 3 is 1.47 bits per heavy atom. The molecule has 0 saturated carbocycles. The first-order chi connectivity index (χ1) is 34.6. The molecule has 0 spiro atoms. The average molecular weight is 987 g/mol. The zero-order valence-electron chi connectivity index (χ0n) is 42.7. The summed E-state index contributed by atoms with van der Waals surface area (Å²) in [5, 5.41) is 20.6. The van der Waals surface area contributed by atoms with E-state index < -0.39 is 0 Å². The van der Waals surface area contributed by atoms with Gasteiger partial charge in [-0.1, -0.05) is 105 Å². The van der Waals surface area contributed by atoms with Crippen LogP contribution in [0, 0.1) is 5.82 Å². The summed E-state index contributed by atoms with van der Waals surface area (Å²) in [5.41, 5.74) is 6.80. The second-order valence-electron chi connectivity index (χ2n) is 19.5. The van der Waals surface area contributed by atoms with Gasteiger partial charge >= 0.3 is 0 Å². The molecule has 0 radical (unpaired) electrons. The minimum Gasteiger partial charge on any atom is -0.508 e. The Hall–Kier alpha value is -6.89. The van der Waals surface area contributed by atoms with Crippen molar-refractivity contribution in [1.82, 2.24) is 24.5 Å². The van der Waals surface area contributed by atoms with Crippen LogP contribution in [0.15, 0.2) is 177 Å². The SMILES string of the molecule is C.C=CCN1C[C@H](C)N([C@@H](c2cccc(O)c2)c2cccc(C(=O)N(C)Cc3ccccc3)c2)C[C@H]1C.C=CCN1C[C@H](C)N([C@@H](c2cccc(O)c2)c2cccc(C(=O)N(C)c3cccc(F)c3)c2)C[C@H]1C. The molecule has 0 bridgehead atoms. The van der Waals surface area contributed by atoms with Gasteiger partial charge in [0.1, 0.15) is 17.3 Å². The number of phenolic OH excluding ortho intramolecular Hbond substituents is 2. The summed E-state index contributed by atoms with van der Waals surface area (Å²) in [6.07, 6.45) is 3.91. The zero-order valence-corrected chi connectivity index (χ0v) is 42.7. The van der Waals surface area contributed by atoms with E-state index >= 15 is 0 Å². The van der Waals surface area contributed by atoms with Crippen LogP contribution in [0.1, 0.15) is 95.7 Å². The second-order valence-corrected chi connectivity index (χ2v) is 19.5. The van der Waals surface area contributed by atoms with Crippen LogP contribution in [0.25, 0.3) is 0 Å². The monoisotopic (exact) mass is 987 g/mol. The molecule has 73 heavy (non-hydrogen) atoms. The van der Waals surface area contributed by atoms with E-state index in [0.717, 1.165) is 67.1 Å². The molecular weight excluding hydrogens is 912 g/mol. The van der Waals surface area contributed by atoms with Gasteiger partial charge in [0.15, 0.2) is 0 Å². The maximum Gasteiger partial charge on any atom is 0.258 e. The lowest BCUT2D eigenvalue weighted by molar-refractivity contribution is 0.0306. The van der Waals surface area contributed by atoms with Crippen molar-refractivity contribution in [1.29, 1.82) is 0 Å². The largest absolute Gasteiger partial charge is 0.508 e. The van der Waals surface area contributed by atoms with Gasteiger partial charge in [-0.25, -0.2) is 4.39 Å². The number of benzene rings is 6. The molecule has 8 rings (SSSR count). The number of carbonyl (C=O) groups excluding carboxylic acids is 2. The number of hydrogen-bond acceptors (Lipinski definition) is 8. The number of aromatic hydroxyl groups is 2. The summed E-state index contributed by atoms with van der Waals surface area (Å²) in [4.78, 5) is 39.8. The number of nitrogens with zero attached hydrogens (tertiary/aromatic N) is 6. The van der Waals surface area contributed by atoms with Gasteiger partial charge in [-0.15, -0.1) is 13.2 Å². The molecule has 2 saturated heterocycles. The number of carbonyl (C=O) groups is 2. The highest BCUT2D eigenvalue weighted by Gasteiger charge is 2.36. The van der Waals surface area contributed by atoms with Crippen LogP contribution in [-0.4, -0.2) is 124 Å². The standard InChI is InChI=1S/C31H37N3O2.C30H34FN3O2.CH4/c1-5-17-33-20-24(3)34(21-23(33)2)30(27-14-10-16-29(35)19-27)26-13-9-15-28(18-26)31(36)32(4)22-25-11-7-6-8-12-25;1-5-15-33-19-22(3)34(20-21(33)2)29(24-10-7-14-28(35)17-24)23-9-6-11-25(16-23)30(36)32(4)27-13-8-12-26(31)18-27;/h5-16,18-19,23-24,30,35H,1,17,20-22H2,2-4H3;5-14,16-18,21-22,29,35H,1,15,19-20H2,2-4H3;1H4/t23-,24+,30-;21-,22+,29-;/m11./s1. The third kappa shape index (κ3) is 13.8. The van der Waals surface area contributed by atoms with Crippen molar-refractivity contribution < 1.29 is 24.2 Å². The number of halogens is 1. The number of rotatable bonds is 15. The van der Waals surface area contributed by atoms with Crippen LogP contribution in [0.4, 0.5) is 10.1 Å². The normalized spacial score (nSPS) is 19.3.